The van der Waals surface area contributed by atoms with E-state index >= 15 is 0 Å². The zero-order valence-corrected chi connectivity index (χ0v) is 9.68. The summed E-state index contributed by atoms with van der Waals surface area (Å²) in [6.45, 7) is 0. The highest BCUT2D eigenvalue weighted by atomic mass is 19.2. The van der Waals surface area contributed by atoms with E-state index < -0.39 is 11.6 Å². The number of benzene rings is 2. The van der Waals surface area contributed by atoms with E-state index in [0.717, 1.165) is 11.6 Å². The van der Waals surface area contributed by atoms with E-state index in [9.17, 15) is 8.78 Å². The summed E-state index contributed by atoms with van der Waals surface area (Å²) in [7, 11) is 0. The topological polar surface area (TPSA) is 38.9 Å². The second-order valence-corrected chi connectivity index (χ2v) is 3.88. The third kappa shape index (κ3) is 2.10. The molecule has 1 aromatic heterocycles. The minimum absolute atomic E-state index is 0.0455. The maximum atomic E-state index is 13.6. The molecule has 0 saturated heterocycles. The fourth-order valence-electron chi connectivity index (χ4n) is 1.70. The molecule has 3 rings (SSSR count). The van der Waals surface area contributed by atoms with E-state index in [1.807, 2.05) is 18.2 Å². The summed E-state index contributed by atoms with van der Waals surface area (Å²) in [6.07, 6.45) is 0. The molecule has 3 nitrogen and oxygen atoms in total. The van der Waals surface area contributed by atoms with Crippen molar-refractivity contribution < 1.29 is 13.2 Å². The maximum Gasteiger partial charge on any atom is 0.251 e. The van der Waals surface area contributed by atoms with Crippen molar-refractivity contribution in [1.29, 1.82) is 0 Å². The Morgan fingerprint density at radius 3 is 2.32 bits per heavy atom. The lowest BCUT2D eigenvalue weighted by molar-refractivity contribution is 0.503. The third-order valence-corrected chi connectivity index (χ3v) is 2.63. The molecular formula is C14H8F2N2O. The molecule has 1 heterocycles. The quantitative estimate of drug-likeness (QED) is 0.703. The van der Waals surface area contributed by atoms with Crippen molar-refractivity contribution in [2.45, 2.75) is 0 Å². The predicted octanol–water partition coefficient (Wildman–Crippen LogP) is 3.68. The molecule has 0 unspecified atom stereocenters. The van der Waals surface area contributed by atoms with Crippen molar-refractivity contribution in [3.8, 4) is 22.9 Å². The molecule has 0 amide bonds. The van der Waals surface area contributed by atoms with Gasteiger partial charge in [0.25, 0.3) is 5.89 Å². The van der Waals surface area contributed by atoms with Crippen LogP contribution in [0.15, 0.2) is 52.9 Å². The first kappa shape index (κ1) is 11.5. The Hall–Kier alpha value is -2.56. The summed E-state index contributed by atoms with van der Waals surface area (Å²) in [5.74, 6) is -1.72. The van der Waals surface area contributed by atoms with Crippen molar-refractivity contribution in [3.05, 3.63) is 60.2 Å². The van der Waals surface area contributed by atoms with Gasteiger partial charge in [-0.2, -0.15) is 0 Å². The number of halogens is 2. The minimum Gasteiger partial charge on any atom is -0.416 e. The number of rotatable bonds is 2. The molecule has 0 aliphatic carbocycles. The van der Waals surface area contributed by atoms with Crippen molar-refractivity contribution in [1.82, 2.24) is 10.2 Å². The Bertz CT molecular complexity index is 710. The minimum atomic E-state index is -0.995. The van der Waals surface area contributed by atoms with Crippen molar-refractivity contribution in [3.63, 3.8) is 0 Å². The van der Waals surface area contributed by atoms with Gasteiger partial charge < -0.3 is 4.42 Å². The van der Waals surface area contributed by atoms with Gasteiger partial charge >= 0.3 is 0 Å². The molecule has 0 aliphatic heterocycles. The normalized spacial score (nSPS) is 10.6. The van der Waals surface area contributed by atoms with E-state index in [0.29, 0.717) is 0 Å². The first-order valence-electron chi connectivity index (χ1n) is 5.59. The van der Waals surface area contributed by atoms with Gasteiger partial charge in [0.15, 0.2) is 11.6 Å². The summed E-state index contributed by atoms with van der Waals surface area (Å²) in [5, 5.41) is 7.57. The van der Waals surface area contributed by atoms with Gasteiger partial charge in [-0.15, -0.1) is 10.2 Å². The number of hydrogen-bond donors (Lipinski definition) is 0. The summed E-state index contributed by atoms with van der Waals surface area (Å²) >= 11 is 0. The summed E-state index contributed by atoms with van der Waals surface area (Å²) in [5.41, 5.74) is 0.674. The van der Waals surface area contributed by atoms with Crippen LogP contribution in [0, 0.1) is 11.6 Å². The van der Waals surface area contributed by atoms with Gasteiger partial charge in [-0.3, -0.25) is 0 Å². The lowest BCUT2D eigenvalue weighted by Crippen LogP contribution is -1.88. The first-order valence-corrected chi connectivity index (χ1v) is 5.59. The van der Waals surface area contributed by atoms with Crippen LogP contribution in [0.25, 0.3) is 22.9 Å². The molecule has 0 radical (unpaired) electrons. The Morgan fingerprint density at radius 2 is 1.53 bits per heavy atom. The van der Waals surface area contributed by atoms with Crippen LogP contribution in [-0.4, -0.2) is 10.2 Å². The van der Waals surface area contributed by atoms with Gasteiger partial charge in [0, 0.05) is 5.56 Å². The predicted molar refractivity (Wildman–Crippen MR) is 65.1 cm³/mol. The van der Waals surface area contributed by atoms with Gasteiger partial charge in [-0.1, -0.05) is 24.3 Å². The fourth-order valence-corrected chi connectivity index (χ4v) is 1.70. The molecule has 19 heavy (non-hydrogen) atoms. The highest BCUT2D eigenvalue weighted by molar-refractivity contribution is 5.58. The summed E-state index contributed by atoms with van der Waals surface area (Å²) in [6, 6.07) is 12.9. The largest absolute Gasteiger partial charge is 0.416 e. The van der Waals surface area contributed by atoms with Gasteiger partial charge in [0.1, 0.15) is 0 Å². The first-order chi connectivity index (χ1) is 9.25. The number of aromatic nitrogens is 2. The second-order valence-electron chi connectivity index (χ2n) is 3.88. The zero-order chi connectivity index (χ0) is 13.2. The van der Waals surface area contributed by atoms with Gasteiger partial charge in [0.05, 0.1) is 5.56 Å². The van der Waals surface area contributed by atoms with Gasteiger partial charge in [0.2, 0.25) is 5.89 Å². The monoisotopic (exact) mass is 258 g/mol. The molecule has 0 bridgehead atoms. The van der Waals surface area contributed by atoms with Gasteiger partial charge in [-0.05, 0) is 24.3 Å². The molecule has 0 spiro atoms. The highest BCUT2D eigenvalue weighted by Gasteiger charge is 2.16. The molecule has 0 fully saturated rings. The molecule has 94 valence electrons. The van der Waals surface area contributed by atoms with Crippen LogP contribution >= 0.6 is 0 Å². The average molecular weight is 258 g/mol. The van der Waals surface area contributed by atoms with E-state index in [1.54, 1.807) is 12.1 Å². The van der Waals surface area contributed by atoms with E-state index in [1.165, 1.54) is 12.1 Å². The number of hydrogen-bond acceptors (Lipinski definition) is 3. The average Bonchev–Trinajstić information content (AvgIpc) is 2.92. The number of nitrogens with zero attached hydrogens (tertiary/aromatic N) is 2. The Labute approximate surface area is 107 Å². The van der Waals surface area contributed by atoms with Crippen LogP contribution in [-0.2, 0) is 0 Å². The summed E-state index contributed by atoms with van der Waals surface area (Å²) in [4.78, 5) is 0. The van der Waals surface area contributed by atoms with Crippen LogP contribution in [0.1, 0.15) is 0 Å². The zero-order valence-electron chi connectivity index (χ0n) is 9.68. The molecule has 3 aromatic rings. The van der Waals surface area contributed by atoms with Crippen molar-refractivity contribution >= 4 is 0 Å². The molecule has 0 atom stereocenters. The molecule has 5 heteroatoms. The smallest absolute Gasteiger partial charge is 0.251 e. The lowest BCUT2D eigenvalue weighted by atomic mass is 10.2. The van der Waals surface area contributed by atoms with Crippen molar-refractivity contribution in [2.24, 2.45) is 0 Å². The maximum absolute atomic E-state index is 13.6. The fraction of sp³-hybridized carbons (Fsp3) is 0. The Kier molecular flexibility index (Phi) is 2.79. The second kappa shape index (κ2) is 4.61. The Balaban J connectivity index is 2.05. The van der Waals surface area contributed by atoms with Crippen molar-refractivity contribution in [2.75, 3.05) is 0 Å². The van der Waals surface area contributed by atoms with Crippen LogP contribution < -0.4 is 0 Å². The lowest BCUT2D eigenvalue weighted by Gasteiger charge is -1.98. The van der Waals surface area contributed by atoms with Crippen LogP contribution in [0.2, 0.25) is 0 Å². The van der Waals surface area contributed by atoms with Gasteiger partial charge in [-0.25, -0.2) is 8.78 Å². The van der Waals surface area contributed by atoms with Crippen LogP contribution in [0.3, 0.4) is 0 Å². The summed E-state index contributed by atoms with van der Waals surface area (Å²) < 4.78 is 32.1. The van der Waals surface area contributed by atoms with E-state index in [-0.39, 0.29) is 17.3 Å². The molecular weight excluding hydrogens is 250 g/mol. The standard InChI is InChI=1S/C14H8F2N2O/c15-11-8-4-7-10(12(11)16)14-18-17-13(19-14)9-5-2-1-3-6-9/h1-8H. The molecule has 0 aliphatic rings. The van der Waals surface area contributed by atoms with E-state index in [4.69, 9.17) is 4.42 Å². The Morgan fingerprint density at radius 1 is 0.789 bits per heavy atom. The highest BCUT2D eigenvalue weighted by Crippen LogP contribution is 2.26. The molecule has 2 aromatic carbocycles. The van der Waals surface area contributed by atoms with Crippen LogP contribution in [0.5, 0.6) is 0 Å². The van der Waals surface area contributed by atoms with E-state index in [2.05, 4.69) is 10.2 Å². The SMILES string of the molecule is Fc1cccc(-c2nnc(-c3ccccc3)o2)c1F. The van der Waals surface area contributed by atoms with Crippen LogP contribution in [0.4, 0.5) is 8.78 Å². The third-order valence-electron chi connectivity index (χ3n) is 2.63. The molecule has 0 N–H and O–H groups in total. The molecule has 0 saturated carbocycles.